The van der Waals surface area contributed by atoms with E-state index < -0.39 is 12.2 Å². The van der Waals surface area contributed by atoms with Crippen LogP contribution in [0.15, 0.2) is 30.5 Å². The predicted octanol–water partition coefficient (Wildman–Crippen LogP) is 1.43. The number of rotatable bonds is 2. The third kappa shape index (κ3) is 2.58. The summed E-state index contributed by atoms with van der Waals surface area (Å²) >= 11 is 6.12. The zero-order chi connectivity index (χ0) is 13.4. The van der Waals surface area contributed by atoms with E-state index in [0.29, 0.717) is 24.7 Å². The van der Waals surface area contributed by atoms with Crippen molar-refractivity contribution >= 4 is 22.5 Å². The van der Waals surface area contributed by atoms with Gasteiger partial charge in [-0.25, -0.2) is 0 Å². The molecule has 2 heterocycles. The number of fused-ring (bicyclic) bond motifs is 1. The van der Waals surface area contributed by atoms with Crippen molar-refractivity contribution in [2.45, 2.75) is 18.8 Å². The Bertz CT molecular complexity index is 595. The average molecular weight is 279 g/mol. The number of halogens is 1. The molecule has 0 amide bonds. The van der Waals surface area contributed by atoms with E-state index in [1.807, 2.05) is 29.2 Å². The van der Waals surface area contributed by atoms with Gasteiger partial charge in [0.15, 0.2) is 0 Å². The molecule has 1 aromatic heterocycles. The number of nitrogens with zero attached hydrogens (tertiary/aromatic N) is 2. The van der Waals surface area contributed by atoms with Gasteiger partial charge in [-0.15, -0.1) is 0 Å². The van der Waals surface area contributed by atoms with Crippen LogP contribution in [0.3, 0.4) is 0 Å². The van der Waals surface area contributed by atoms with Crippen LogP contribution in [-0.2, 0) is 6.54 Å². The van der Waals surface area contributed by atoms with E-state index in [-0.39, 0.29) is 0 Å². The number of pyridine rings is 1. The number of benzene rings is 1. The van der Waals surface area contributed by atoms with Gasteiger partial charge in [-0.1, -0.05) is 17.7 Å². The van der Waals surface area contributed by atoms with E-state index in [1.165, 1.54) is 0 Å². The van der Waals surface area contributed by atoms with Crippen molar-refractivity contribution < 1.29 is 10.2 Å². The number of hydrogen-bond donors (Lipinski definition) is 2. The summed E-state index contributed by atoms with van der Waals surface area (Å²) in [6.07, 6.45) is 0.421. The molecule has 0 unspecified atom stereocenters. The van der Waals surface area contributed by atoms with Crippen molar-refractivity contribution in [1.29, 1.82) is 0 Å². The van der Waals surface area contributed by atoms with Gasteiger partial charge < -0.3 is 10.2 Å². The van der Waals surface area contributed by atoms with Gasteiger partial charge in [0, 0.05) is 36.2 Å². The summed E-state index contributed by atoms with van der Waals surface area (Å²) in [5.74, 6) is 0. The van der Waals surface area contributed by atoms with Crippen LogP contribution in [0, 0.1) is 0 Å². The molecule has 5 heteroatoms. The van der Waals surface area contributed by atoms with Gasteiger partial charge in [0.1, 0.15) is 0 Å². The first-order valence-electron chi connectivity index (χ1n) is 6.25. The highest BCUT2D eigenvalue weighted by Gasteiger charge is 2.29. The molecule has 1 aliphatic rings. The molecule has 3 rings (SSSR count). The Kier molecular flexibility index (Phi) is 3.41. The smallest absolute Gasteiger partial charge is 0.0938 e. The van der Waals surface area contributed by atoms with Gasteiger partial charge in [0.05, 0.1) is 17.7 Å². The highest BCUT2D eigenvalue weighted by atomic mass is 35.5. The zero-order valence-electron chi connectivity index (χ0n) is 10.3. The third-order valence-corrected chi connectivity index (χ3v) is 3.70. The maximum absolute atomic E-state index is 9.58. The lowest BCUT2D eigenvalue weighted by Crippen LogP contribution is -2.22. The molecule has 1 aliphatic heterocycles. The lowest BCUT2D eigenvalue weighted by molar-refractivity contribution is 0.0572. The average Bonchev–Trinajstić information content (AvgIpc) is 2.68. The molecule has 1 fully saturated rings. The predicted molar refractivity (Wildman–Crippen MR) is 74.0 cm³/mol. The van der Waals surface area contributed by atoms with Gasteiger partial charge in [-0.2, -0.15) is 0 Å². The Labute approximate surface area is 116 Å². The van der Waals surface area contributed by atoms with E-state index >= 15 is 0 Å². The Morgan fingerprint density at radius 3 is 2.74 bits per heavy atom. The minimum atomic E-state index is -0.668. The van der Waals surface area contributed by atoms with Gasteiger partial charge >= 0.3 is 0 Å². The van der Waals surface area contributed by atoms with Crippen LogP contribution < -0.4 is 0 Å². The van der Waals surface area contributed by atoms with E-state index in [2.05, 4.69) is 4.98 Å². The number of β-amino-alcohol motifs (C(OH)–C–C–N with tert-alkyl or cyclic N) is 2. The normalized spacial score (nSPS) is 24.2. The second-order valence-corrected chi connectivity index (χ2v) is 5.41. The van der Waals surface area contributed by atoms with Crippen LogP contribution in [0.4, 0.5) is 0 Å². The van der Waals surface area contributed by atoms with Gasteiger partial charge in [-0.3, -0.25) is 9.88 Å². The Morgan fingerprint density at radius 2 is 2.00 bits per heavy atom. The molecule has 19 heavy (non-hydrogen) atoms. The van der Waals surface area contributed by atoms with Crippen LogP contribution in [0.25, 0.3) is 10.9 Å². The van der Waals surface area contributed by atoms with Crippen molar-refractivity contribution in [2.75, 3.05) is 13.1 Å². The first kappa shape index (κ1) is 12.8. The lowest BCUT2D eigenvalue weighted by Gasteiger charge is -2.16. The maximum atomic E-state index is 9.58. The van der Waals surface area contributed by atoms with Crippen molar-refractivity contribution in [3.05, 3.63) is 41.0 Å². The highest BCUT2D eigenvalue weighted by molar-refractivity contribution is 6.31. The summed E-state index contributed by atoms with van der Waals surface area (Å²) in [4.78, 5) is 6.40. The quantitative estimate of drug-likeness (QED) is 0.872. The van der Waals surface area contributed by atoms with E-state index in [1.54, 1.807) is 6.20 Å². The Balaban J connectivity index is 1.92. The van der Waals surface area contributed by atoms with Crippen LogP contribution in [0.5, 0.6) is 0 Å². The molecule has 0 saturated carbocycles. The summed E-state index contributed by atoms with van der Waals surface area (Å²) in [6.45, 7) is 1.58. The van der Waals surface area contributed by atoms with Crippen molar-refractivity contribution in [3.8, 4) is 0 Å². The number of aliphatic hydroxyl groups is 2. The number of likely N-dealkylation sites (tertiary alicyclic amines) is 1. The molecule has 2 aromatic rings. The van der Waals surface area contributed by atoms with E-state index in [4.69, 9.17) is 11.6 Å². The van der Waals surface area contributed by atoms with Gasteiger partial charge in [0.25, 0.3) is 0 Å². The molecule has 0 spiro atoms. The molecule has 0 bridgehead atoms. The Hall–Kier alpha value is -1.20. The zero-order valence-corrected chi connectivity index (χ0v) is 11.1. The van der Waals surface area contributed by atoms with Crippen molar-refractivity contribution in [2.24, 2.45) is 0 Å². The monoisotopic (exact) mass is 278 g/mol. The summed E-state index contributed by atoms with van der Waals surface area (Å²) in [5.41, 5.74) is 1.94. The van der Waals surface area contributed by atoms with E-state index in [9.17, 15) is 10.2 Å². The lowest BCUT2D eigenvalue weighted by atomic mass is 10.1. The third-order valence-electron chi connectivity index (χ3n) is 3.48. The summed E-state index contributed by atoms with van der Waals surface area (Å²) in [5, 5.41) is 20.8. The number of aromatic nitrogens is 1. The highest BCUT2D eigenvalue weighted by Crippen LogP contribution is 2.24. The first-order valence-corrected chi connectivity index (χ1v) is 6.63. The van der Waals surface area contributed by atoms with Crippen LogP contribution in [0.2, 0.25) is 5.02 Å². The fourth-order valence-electron chi connectivity index (χ4n) is 2.57. The van der Waals surface area contributed by atoms with Crippen LogP contribution in [0.1, 0.15) is 5.56 Å². The van der Waals surface area contributed by atoms with Gasteiger partial charge in [-0.05, 0) is 23.8 Å². The SMILES string of the molecule is O[C@@H]1CN(Cc2cc(Cl)cc3cccnc23)C[C@@H]1O. The standard InChI is InChI=1S/C14H15ClN2O2/c15-11-4-9-2-1-3-16-14(9)10(5-11)6-17-7-12(18)13(19)8-17/h1-5,12-13,18-19H,6-8H2/t12-,13+. The summed E-state index contributed by atoms with van der Waals surface area (Å²) in [6, 6.07) is 7.65. The molecule has 1 saturated heterocycles. The molecule has 0 radical (unpaired) electrons. The molecular weight excluding hydrogens is 264 g/mol. The fraction of sp³-hybridized carbons (Fsp3) is 0.357. The van der Waals surface area contributed by atoms with Crippen molar-refractivity contribution in [1.82, 2.24) is 9.88 Å². The summed E-state index contributed by atoms with van der Waals surface area (Å²) in [7, 11) is 0. The fourth-order valence-corrected chi connectivity index (χ4v) is 2.81. The molecule has 100 valence electrons. The molecule has 2 N–H and O–H groups in total. The summed E-state index contributed by atoms with van der Waals surface area (Å²) < 4.78 is 0. The molecular formula is C14H15ClN2O2. The number of aliphatic hydroxyl groups excluding tert-OH is 2. The minimum absolute atomic E-state index is 0.474. The minimum Gasteiger partial charge on any atom is -0.389 e. The van der Waals surface area contributed by atoms with E-state index in [0.717, 1.165) is 16.5 Å². The molecule has 1 aromatic carbocycles. The van der Waals surface area contributed by atoms with Crippen molar-refractivity contribution in [3.63, 3.8) is 0 Å². The first-order chi connectivity index (χ1) is 9.13. The Morgan fingerprint density at radius 1 is 1.26 bits per heavy atom. The second-order valence-electron chi connectivity index (χ2n) is 4.97. The van der Waals surface area contributed by atoms with Crippen LogP contribution in [-0.4, -0.2) is 45.4 Å². The molecule has 0 aliphatic carbocycles. The number of hydrogen-bond acceptors (Lipinski definition) is 4. The maximum Gasteiger partial charge on any atom is 0.0938 e. The molecule has 4 nitrogen and oxygen atoms in total. The van der Waals surface area contributed by atoms with Crippen LogP contribution >= 0.6 is 11.6 Å². The second kappa shape index (κ2) is 5.06. The molecule has 2 atom stereocenters. The van der Waals surface area contributed by atoms with Gasteiger partial charge in [0.2, 0.25) is 0 Å². The topological polar surface area (TPSA) is 56.6 Å². The largest absolute Gasteiger partial charge is 0.389 e.